The molecule has 4 rings (SSSR count). The Balaban J connectivity index is 1.36. The molecule has 3 heterocycles. The van der Waals surface area contributed by atoms with Crippen molar-refractivity contribution in [3.63, 3.8) is 0 Å². The minimum atomic E-state index is -0.188. The molecule has 1 aromatic rings. The van der Waals surface area contributed by atoms with Crippen LogP contribution in [0.3, 0.4) is 0 Å². The van der Waals surface area contributed by atoms with Crippen LogP contribution in [-0.4, -0.2) is 60.6 Å². The number of amides is 1. The molecule has 2 fully saturated rings. The smallest absolute Gasteiger partial charge is 0.228 e. The predicted molar refractivity (Wildman–Crippen MR) is 95.9 cm³/mol. The molecule has 2 atom stereocenters. The third-order valence-corrected chi connectivity index (χ3v) is 5.77. The van der Waals surface area contributed by atoms with Crippen molar-refractivity contribution in [1.82, 2.24) is 9.80 Å². The normalized spacial score (nSPS) is 29.0. The first-order valence-corrected chi connectivity index (χ1v) is 9.45. The number of piperidine rings is 1. The van der Waals surface area contributed by atoms with Crippen molar-refractivity contribution in [3.8, 4) is 11.5 Å². The minimum Gasteiger partial charge on any atom is -0.486 e. The first-order chi connectivity index (χ1) is 12.0. The molecule has 0 aromatic heterocycles. The number of carbonyl (C=O) groups is 1. The molecule has 25 heavy (non-hydrogen) atoms. The molecule has 0 N–H and O–H groups in total. The number of ether oxygens (including phenoxy) is 2. The van der Waals surface area contributed by atoms with Crippen molar-refractivity contribution >= 4 is 5.91 Å². The Morgan fingerprint density at radius 3 is 2.76 bits per heavy atom. The number of para-hydroxylation sites is 2. The number of benzene rings is 1. The van der Waals surface area contributed by atoms with Gasteiger partial charge in [-0.05, 0) is 37.9 Å². The van der Waals surface area contributed by atoms with Gasteiger partial charge in [-0.25, -0.2) is 0 Å². The van der Waals surface area contributed by atoms with Gasteiger partial charge in [0.05, 0.1) is 0 Å². The van der Waals surface area contributed by atoms with Crippen molar-refractivity contribution in [2.75, 3.05) is 32.8 Å². The molecular formula is C20H28N2O3. The monoisotopic (exact) mass is 344 g/mol. The second-order valence-corrected chi connectivity index (χ2v) is 8.19. The minimum absolute atomic E-state index is 0.0550. The van der Waals surface area contributed by atoms with Crippen LogP contribution in [-0.2, 0) is 4.79 Å². The van der Waals surface area contributed by atoms with Gasteiger partial charge in [0.2, 0.25) is 5.91 Å². The van der Waals surface area contributed by atoms with Crippen LogP contribution in [0.5, 0.6) is 11.5 Å². The van der Waals surface area contributed by atoms with E-state index < -0.39 is 0 Å². The van der Waals surface area contributed by atoms with Crippen molar-refractivity contribution in [1.29, 1.82) is 0 Å². The zero-order valence-electron chi connectivity index (χ0n) is 15.2. The lowest BCUT2D eigenvalue weighted by atomic mass is 9.92. The van der Waals surface area contributed by atoms with E-state index in [1.807, 2.05) is 24.3 Å². The molecule has 0 aliphatic carbocycles. The summed E-state index contributed by atoms with van der Waals surface area (Å²) in [5.41, 5.74) is -0.188. The van der Waals surface area contributed by atoms with E-state index in [1.54, 1.807) is 0 Å². The summed E-state index contributed by atoms with van der Waals surface area (Å²) in [6.45, 7) is 8.51. The Kier molecular flexibility index (Phi) is 4.36. The maximum absolute atomic E-state index is 12.6. The summed E-state index contributed by atoms with van der Waals surface area (Å²) in [6, 6.07) is 8.20. The molecule has 0 unspecified atom stereocenters. The summed E-state index contributed by atoms with van der Waals surface area (Å²) in [7, 11) is 0. The van der Waals surface area contributed by atoms with Crippen LogP contribution in [0.4, 0.5) is 0 Å². The van der Waals surface area contributed by atoms with Gasteiger partial charge in [0.15, 0.2) is 11.5 Å². The predicted octanol–water partition coefficient (Wildman–Crippen LogP) is 2.55. The average Bonchev–Trinajstić information content (AvgIpc) is 2.88. The summed E-state index contributed by atoms with van der Waals surface area (Å²) >= 11 is 0. The summed E-state index contributed by atoms with van der Waals surface area (Å²) in [5.74, 6) is 1.99. The number of carbonyl (C=O) groups excluding carboxylic acids is 1. The van der Waals surface area contributed by atoms with Crippen LogP contribution in [0.25, 0.3) is 0 Å². The van der Waals surface area contributed by atoms with Gasteiger partial charge in [0, 0.05) is 31.1 Å². The molecule has 5 nitrogen and oxygen atoms in total. The van der Waals surface area contributed by atoms with E-state index >= 15 is 0 Å². The van der Waals surface area contributed by atoms with Crippen LogP contribution in [0.1, 0.15) is 33.1 Å². The van der Waals surface area contributed by atoms with Crippen molar-refractivity contribution in [2.24, 2.45) is 5.41 Å². The van der Waals surface area contributed by atoms with Gasteiger partial charge in [-0.3, -0.25) is 9.69 Å². The maximum atomic E-state index is 12.6. The highest BCUT2D eigenvalue weighted by molar-refractivity contribution is 5.84. The third-order valence-electron chi connectivity index (χ3n) is 5.77. The first-order valence-electron chi connectivity index (χ1n) is 9.45. The highest BCUT2D eigenvalue weighted by atomic mass is 16.6. The second kappa shape index (κ2) is 6.52. The van der Waals surface area contributed by atoms with Crippen molar-refractivity contribution in [2.45, 2.75) is 45.3 Å². The largest absolute Gasteiger partial charge is 0.486 e. The number of rotatable bonds is 3. The number of nitrogens with zero attached hydrogens (tertiary/aromatic N) is 2. The number of hydrogen-bond donors (Lipinski definition) is 0. The molecule has 0 saturated carbocycles. The van der Waals surface area contributed by atoms with Crippen molar-refractivity contribution < 1.29 is 14.3 Å². The Morgan fingerprint density at radius 2 is 2.00 bits per heavy atom. The Morgan fingerprint density at radius 1 is 1.20 bits per heavy atom. The fourth-order valence-electron chi connectivity index (χ4n) is 4.24. The molecule has 136 valence electrons. The second-order valence-electron chi connectivity index (χ2n) is 8.19. The van der Waals surface area contributed by atoms with Crippen LogP contribution in [0.15, 0.2) is 24.3 Å². The topological polar surface area (TPSA) is 42.0 Å². The molecule has 1 aromatic carbocycles. The fourth-order valence-corrected chi connectivity index (χ4v) is 4.24. The average molecular weight is 344 g/mol. The Labute approximate surface area is 149 Å². The van der Waals surface area contributed by atoms with Gasteiger partial charge < -0.3 is 14.4 Å². The zero-order valence-corrected chi connectivity index (χ0v) is 15.2. The van der Waals surface area contributed by atoms with Gasteiger partial charge in [0.1, 0.15) is 12.7 Å². The molecule has 5 heteroatoms. The number of likely N-dealkylation sites (tertiary alicyclic amines) is 2. The van der Waals surface area contributed by atoms with E-state index in [4.69, 9.17) is 9.47 Å². The van der Waals surface area contributed by atoms with E-state index in [-0.39, 0.29) is 11.5 Å². The lowest BCUT2D eigenvalue weighted by Crippen LogP contribution is -2.52. The Hall–Kier alpha value is -1.75. The van der Waals surface area contributed by atoms with Crippen molar-refractivity contribution in [3.05, 3.63) is 24.3 Å². The zero-order chi connectivity index (χ0) is 17.4. The molecule has 0 bridgehead atoms. The van der Waals surface area contributed by atoms with Gasteiger partial charge in [-0.2, -0.15) is 0 Å². The van der Waals surface area contributed by atoms with Gasteiger partial charge >= 0.3 is 0 Å². The van der Waals surface area contributed by atoms with E-state index in [0.717, 1.165) is 56.9 Å². The molecular weight excluding hydrogens is 316 g/mol. The standard InChI is InChI=1S/C20H28N2O3/c1-20(2)9-11-22(19(20)23)15-6-5-10-21(12-15)13-16-14-24-17-7-3-4-8-18(17)25-16/h3-4,7-8,15-16H,5-6,9-14H2,1-2H3/t15-,16-/m0/s1. The molecule has 3 aliphatic rings. The van der Waals surface area contributed by atoms with Crippen LogP contribution >= 0.6 is 0 Å². The molecule has 0 spiro atoms. The lowest BCUT2D eigenvalue weighted by Gasteiger charge is -2.39. The lowest BCUT2D eigenvalue weighted by molar-refractivity contribution is -0.137. The van der Waals surface area contributed by atoms with Crippen LogP contribution in [0.2, 0.25) is 0 Å². The van der Waals surface area contributed by atoms with Crippen LogP contribution in [0, 0.1) is 5.41 Å². The highest BCUT2D eigenvalue weighted by Crippen LogP contribution is 2.34. The fraction of sp³-hybridized carbons (Fsp3) is 0.650. The molecule has 3 aliphatic heterocycles. The third kappa shape index (κ3) is 3.34. The SMILES string of the molecule is CC1(C)CCN([C@H]2CCCN(C[C@H]3COc4ccccc4O3)C2)C1=O. The van der Waals surface area contributed by atoms with Crippen LogP contribution < -0.4 is 9.47 Å². The summed E-state index contributed by atoms with van der Waals surface area (Å²) in [6.07, 6.45) is 3.28. The van der Waals surface area contributed by atoms with Gasteiger partial charge in [-0.15, -0.1) is 0 Å². The Bertz CT molecular complexity index is 646. The van der Waals surface area contributed by atoms with E-state index in [1.165, 1.54) is 0 Å². The first kappa shape index (κ1) is 16.7. The maximum Gasteiger partial charge on any atom is 0.228 e. The van der Waals surface area contributed by atoms with E-state index in [0.29, 0.717) is 18.6 Å². The van der Waals surface area contributed by atoms with E-state index in [2.05, 4.69) is 23.6 Å². The number of hydrogen-bond acceptors (Lipinski definition) is 4. The summed E-state index contributed by atoms with van der Waals surface area (Å²) in [4.78, 5) is 17.2. The molecule has 2 saturated heterocycles. The summed E-state index contributed by atoms with van der Waals surface area (Å²) < 4.78 is 11.9. The summed E-state index contributed by atoms with van der Waals surface area (Å²) in [5, 5.41) is 0. The highest BCUT2D eigenvalue weighted by Gasteiger charge is 2.42. The molecule has 0 radical (unpaired) electrons. The van der Waals surface area contributed by atoms with Gasteiger partial charge in [-0.1, -0.05) is 26.0 Å². The quantitative estimate of drug-likeness (QED) is 0.845. The number of fused-ring (bicyclic) bond motifs is 1. The van der Waals surface area contributed by atoms with E-state index in [9.17, 15) is 4.79 Å². The molecule has 1 amide bonds. The van der Waals surface area contributed by atoms with Gasteiger partial charge in [0.25, 0.3) is 0 Å².